The van der Waals surface area contributed by atoms with Crippen LogP contribution in [0.1, 0.15) is 65.2 Å². The largest absolute Gasteiger partial charge is 0.343 e. The summed E-state index contributed by atoms with van der Waals surface area (Å²) in [5.74, 6) is 0.531. The number of amides is 1. The molecule has 110 valence electrons. The molecular formula is C16H30N2O. The Bertz CT molecular complexity index is 317. The minimum Gasteiger partial charge on any atom is -0.343 e. The van der Waals surface area contributed by atoms with Gasteiger partial charge in [0.05, 0.1) is 0 Å². The van der Waals surface area contributed by atoms with E-state index in [-0.39, 0.29) is 12.0 Å². The van der Waals surface area contributed by atoms with E-state index in [1.54, 1.807) is 0 Å². The number of nitrogens with zero attached hydrogens (tertiary/aromatic N) is 1. The van der Waals surface area contributed by atoms with Crippen LogP contribution in [0, 0.1) is 11.3 Å². The van der Waals surface area contributed by atoms with Crippen LogP contribution in [0.15, 0.2) is 0 Å². The second-order valence-electron chi connectivity index (χ2n) is 7.47. The molecule has 0 aromatic carbocycles. The molecule has 1 amide bonds. The first-order valence-electron chi connectivity index (χ1n) is 7.91. The number of hydrogen-bond donors (Lipinski definition) is 1. The molecule has 2 saturated carbocycles. The minimum absolute atomic E-state index is 0.184. The molecule has 0 spiro atoms. The van der Waals surface area contributed by atoms with Crippen molar-refractivity contribution < 1.29 is 4.79 Å². The van der Waals surface area contributed by atoms with Gasteiger partial charge in [-0.25, -0.2) is 0 Å². The Morgan fingerprint density at radius 1 is 1.16 bits per heavy atom. The van der Waals surface area contributed by atoms with Gasteiger partial charge in [0, 0.05) is 25.0 Å². The van der Waals surface area contributed by atoms with Crippen LogP contribution in [0.5, 0.6) is 0 Å². The highest BCUT2D eigenvalue weighted by Crippen LogP contribution is 2.37. The lowest BCUT2D eigenvalue weighted by molar-refractivity contribution is -0.138. The summed E-state index contributed by atoms with van der Waals surface area (Å²) in [6, 6.07) is 0.695. The Labute approximate surface area is 117 Å². The van der Waals surface area contributed by atoms with E-state index >= 15 is 0 Å². The third-order valence-corrected chi connectivity index (χ3v) is 5.27. The predicted molar refractivity (Wildman–Crippen MR) is 78.7 cm³/mol. The van der Waals surface area contributed by atoms with E-state index in [2.05, 4.69) is 13.8 Å². The SMILES string of the molecule is CN(C(=O)C1CCCC(N)C1)C1CCC(C)(C)CC1. The van der Waals surface area contributed by atoms with Crippen LogP contribution in [-0.4, -0.2) is 29.9 Å². The first-order chi connectivity index (χ1) is 8.89. The van der Waals surface area contributed by atoms with Crippen LogP contribution in [0.2, 0.25) is 0 Å². The van der Waals surface area contributed by atoms with Crippen molar-refractivity contribution in [3.63, 3.8) is 0 Å². The van der Waals surface area contributed by atoms with Gasteiger partial charge in [-0.1, -0.05) is 20.3 Å². The number of hydrogen-bond acceptors (Lipinski definition) is 2. The Kier molecular flexibility index (Phi) is 4.54. The molecule has 2 atom stereocenters. The zero-order chi connectivity index (χ0) is 14.0. The van der Waals surface area contributed by atoms with E-state index in [0.29, 0.717) is 17.4 Å². The first-order valence-corrected chi connectivity index (χ1v) is 7.91. The Morgan fingerprint density at radius 2 is 1.79 bits per heavy atom. The zero-order valence-electron chi connectivity index (χ0n) is 12.8. The normalized spacial score (nSPS) is 32.0. The number of carbonyl (C=O) groups excluding carboxylic acids is 1. The molecule has 2 N–H and O–H groups in total. The minimum atomic E-state index is 0.184. The van der Waals surface area contributed by atoms with Crippen molar-refractivity contribution in [3.8, 4) is 0 Å². The average Bonchev–Trinajstić information content (AvgIpc) is 2.37. The standard InChI is InChI=1S/C16H30N2O/c1-16(2)9-7-14(8-10-16)18(3)15(19)12-5-4-6-13(17)11-12/h12-14H,4-11,17H2,1-3H3. The van der Waals surface area contributed by atoms with E-state index in [4.69, 9.17) is 5.73 Å². The second-order valence-corrected chi connectivity index (χ2v) is 7.47. The maximum atomic E-state index is 12.6. The maximum Gasteiger partial charge on any atom is 0.225 e. The monoisotopic (exact) mass is 266 g/mol. The lowest BCUT2D eigenvalue weighted by Crippen LogP contribution is -2.45. The maximum absolute atomic E-state index is 12.6. The van der Waals surface area contributed by atoms with Gasteiger partial charge in [-0.2, -0.15) is 0 Å². The molecule has 0 aromatic heterocycles. The molecule has 2 aliphatic rings. The fraction of sp³-hybridized carbons (Fsp3) is 0.938. The molecule has 0 heterocycles. The van der Waals surface area contributed by atoms with Crippen LogP contribution in [0.4, 0.5) is 0 Å². The van der Waals surface area contributed by atoms with Crippen molar-refractivity contribution >= 4 is 5.91 Å². The van der Waals surface area contributed by atoms with Crippen LogP contribution >= 0.6 is 0 Å². The molecule has 0 bridgehead atoms. The third-order valence-electron chi connectivity index (χ3n) is 5.27. The van der Waals surface area contributed by atoms with Gasteiger partial charge in [0.1, 0.15) is 0 Å². The molecule has 3 nitrogen and oxygen atoms in total. The molecule has 3 heteroatoms. The lowest BCUT2D eigenvalue weighted by atomic mass is 9.75. The zero-order valence-corrected chi connectivity index (χ0v) is 12.8. The van der Waals surface area contributed by atoms with Gasteiger partial charge in [-0.05, 0) is 50.4 Å². The van der Waals surface area contributed by atoms with Gasteiger partial charge < -0.3 is 10.6 Å². The summed E-state index contributed by atoms with van der Waals surface area (Å²) in [5.41, 5.74) is 6.47. The molecule has 19 heavy (non-hydrogen) atoms. The van der Waals surface area contributed by atoms with Crippen LogP contribution < -0.4 is 5.73 Å². The van der Waals surface area contributed by atoms with E-state index < -0.39 is 0 Å². The van der Waals surface area contributed by atoms with Gasteiger partial charge in [0.2, 0.25) is 5.91 Å². The van der Waals surface area contributed by atoms with Crippen LogP contribution in [0.3, 0.4) is 0 Å². The Balaban J connectivity index is 1.88. The van der Waals surface area contributed by atoms with Crippen LogP contribution in [-0.2, 0) is 4.79 Å². The third kappa shape index (κ3) is 3.71. The summed E-state index contributed by atoms with van der Waals surface area (Å²) in [7, 11) is 2.01. The summed E-state index contributed by atoms with van der Waals surface area (Å²) >= 11 is 0. The molecule has 0 aliphatic heterocycles. The summed E-state index contributed by atoms with van der Waals surface area (Å²) in [6.45, 7) is 4.68. The highest BCUT2D eigenvalue weighted by atomic mass is 16.2. The van der Waals surface area contributed by atoms with Gasteiger partial charge in [-0.15, -0.1) is 0 Å². The molecule has 2 fully saturated rings. The van der Waals surface area contributed by atoms with Gasteiger partial charge in [0.25, 0.3) is 0 Å². The molecule has 2 unspecified atom stereocenters. The van der Waals surface area contributed by atoms with E-state index in [1.807, 2.05) is 11.9 Å². The molecule has 2 rings (SSSR count). The van der Waals surface area contributed by atoms with Crippen molar-refractivity contribution in [1.29, 1.82) is 0 Å². The Morgan fingerprint density at radius 3 is 2.37 bits per heavy atom. The summed E-state index contributed by atoms with van der Waals surface area (Å²) < 4.78 is 0. The van der Waals surface area contributed by atoms with Crippen molar-refractivity contribution in [2.45, 2.75) is 77.3 Å². The molecule has 0 saturated heterocycles. The van der Waals surface area contributed by atoms with Crippen molar-refractivity contribution in [3.05, 3.63) is 0 Å². The Hall–Kier alpha value is -0.570. The van der Waals surface area contributed by atoms with Crippen LogP contribution in [0.25, 0.3) is 0 Å². The van der Waals surface area contributed by atoms with Crippen molar-refractivity contribution in [2.24, 2.45) is 17.1 Å². The molecule has 2 aliphatic carbocycles. The van der Waals surface area contributed by atoms with E-state index in [0.717, 1.165) is 38.5 Å². The highest BCUT2D eigenvalue weighted by molar-refractivity contribution is 5.79. The number of nitrogens with two attached hydrogens (primary N) is 1. The average molecular weight is 266 g/mol. The molecular weight excluding hydrogens is 236 g/mol. The quantitative estimate of drug-likeness (QED) is 0.835. The summed E-state index contributed by atoms with van der Waals surface area (Å²) in [6.07, 6.45) is 8.92. The highest BCUT2D eigenvalue weighted by Gasteiger charge is 2.34. The smallest absolute Gasteiger partial charge is 0.225 e. The lowest BCUT2D eigenvalue weighted by Gasteiger charge is -2.40. The fourth-order valence-corrected chi connectivity index (χ4v) is 3.69. The number of carbonyl (C=O) groups is 1. The topological polar surface area (TPSA) is 46.3 Å². The second kappa shape index (κ2) is 5.82. The predicted octanol–water partition coefficient (Wildman–Crippen LogP) is 2.93. The molecule has 0 aromatic rings. The summed E-state index contributed by atoms with van der Waals surface area (Å²) in [4.78, 5) is 14.6. The molecule has 0 radical (unpaired) electrons. The van der Waals surface area contributed by atoms with Gasteiger partial charge in [-0.3, -0.25) is 4.79 Å². The van der Waals surface area contributed by atoms with Gasteiger partial charge >= 0.3 is 0 Å². The van der Waals surface area contributed by atoms with Crippen molar-refractivity contribution in [1.82, 2.24) is 4.90 Å². The fourth-order valence-electron chi connectivity index (χ4n) is 3.69. The van der Waals surface area contributed by atoms with E-state index in [9.17, 15) is 4.79 Å². The van der Waals surface area contributed by atoms with Gasteiger partial charge in [0.15, 0.2) is 0 Å². The number of rotatable bonds is 2. The van der Waals surface area contributed by atoms with Crippen molar-refractivity contribution in [2.75, 3.05) is 7.05 Å². The summed E-state index contributed by atoms with van der Waals surface area (Å²) in [5, 5.41) is 0. The van der Waals surface area contributed by atoms with E-state index in [1.165, 1.54) is 12.8 Å². The first kappa shape index (κ1) is 14.8.